The first kappa shape index (κ1) is 19.5. The second-order valence-corrected chi connectivity index (χ2v) is 9.09. The molecule has 0 aliphatic heterocycles. The molecule has 2 aromatic heterocycles. The zero-order valence-corrected chi connectivity index (χ0v) is 18.2. The average molecular weight is 415 g/mol. The summed E-state index contributed by atoms with van der Waals surface area (Å²) in [5.74, 6) is 1.08. The molecule has 0 amide bonds. The quantitative estimate of drug-likeness (QED) is 0.404. The third-order valence-electron chi connectivity index (χ3n) is 5.37. The number of fused-ring (bicyclic) bond motifs is 2. The van der Waals surface area contributed by atoms with Crippen LogP contribution in [-0.4, -0.2) is 34.6 Å². The standard InChI is InChI=1S/C25H25N3O3/c1-25(2,3)31-24(29)16-9-12-18-19(13-16)27-23(28(4)17-10-11-17)22(26-18)21-14-15-7-5-6-8-20(15)30-21/h5-9,12-14,17H,10-11H2,1-4H3. The van der Waals surface area contributed by atoms with Crippen LogP contribution in [-0.2, 0) is 4.74 Å². The van der Waals surface area contributed by atoms with E-state index in [1.54, 1.807) is 12.1 Å². The monoisotopic (exact) mass is 415 g/mol. The number of esters is 1. The fraction of sp³-hybridized carbons (Fsp3) is 0.320. The molecule has 1 aliphatic rings. The summed E-state index contributed by atoms with van der Waals surface area (Å²) in [6.07, 6.45) is 2.27. The molecular formula is C25H25N3O3. The van der Waals surface area contributed by atoms with Crippen LogP contribution in [0.3, 0.4) is 0 Å². The number of nitrogens with zero attached hydrogens (tertiary/aromatic N) is 3. The maximum absolute atomic E-state index is 12.5. The zero-order valence-electron chi connectivity index (χ0n) is 18.2. The number of aromatic nitrogens is 2. The van der Waals surface area contributed by atoms with Crippen LogP contribution >= 0.6 is 0 Å². The van der Waals surface area contributed by atoms with Crippen molar-refractivity contribution in [2.45, 2.75) is 45.3 Å². The molecule has 31 heavy (non-hydrogen) atoms. The van der Waals surface area contributed by atoms with Gasteiger partial charge in [0.05, 0.1) is 16.6 Å². The minimum absolute atomic E-state index is 0.366. The van der Waals surface area contributed by atoms with Gasteiger partial charge in [0.1, 0.15) is 16.9 Å². The number of hydrogen-bond acceptors (Lipinski definition) is 6. The lowest BCUT2D eigenvalue weighted by Gasteiger charge is -2.21. The predicted molar refractivity (Wildman–Crippen MR) is 121 cm³/mol. The molecule has 5 rings (SSSR count). The molecule has 6 nitrogen and oxygen atoms in total. The molecule has 2 heterocycles. The molecule has 0 unspecified atom stereocenters. The van der Waals surface area contributed by atoms with Crippen molar-refractivity contribution in [1.82, 2.24) is 9.97 Å². The van der Waals surface area contributed by atoms with Gasteiger partial charge in [0, 0.05) is 18.5 Å². The number of ether oxygens (including phenoxy) is 1. The van der Waals surface area contributed by atoms with E-state index in [0.29, 0.717) is 34.1 Å². The van der Waals surface area contributed by atoms with Crippen LogP contribution in [0.5, 0.6) is 0 Å². The van der Waals surface area contributed by atoms with E-state index in [9.17, 15) is 4.79 Å². The van der Waals surface area contributed by atoms with Crippen molar-refractivity contribution in [2.24, 2.45) is 0 Å². The molecule has 0 spiro atoms. The first-order chi connectivity index (χ1) is 14.8. The van der Waals surface area contributed by atoms with Gasteiger partial charge < -0.3 is 14.1 Å². The first-order valence-electron chi connectivity index (χ1n) is 10.6. The summed E-state index contributed by atoms with van der Waals surface area (Å²) in [5.41, 5.74) is 2.80. The molecule has 158 valence electrons. The third kappa shape index (κ3) is 3.85. The van der Waals surface area contributed by atoms with Crippen molar-refractivity contribution >= 4 is 33.8 Å². The summed E-state index contributed by atoms with van der Waals surface area (Å²) in [7, 11) is 2.04. The highest BCUT2D eigenvalue weighted by atomic mass is 16.6. The molecule has 4 aromatic rings. The minimum atomic E-state index is -0.555. The maximum atomic E-state index is 12.5. The van der Waals surface area contributed by atoms with Crippen LogP contribution < -0.4 is 4.90 Å². The van der Waals surface area contributed by atoms with E-state index < -0.39 is 5.60 Å². The number of furan rings is 1. The Morgan fingerprint density at radius 2 is 1.84 bits per heavy atom. The van der Waals surface area contributed by atoms with Crippen LogP contribution in [0.25, 0.3) is 33.5 Å². The van der Waals surface area contributed by atoms with Crippen molar-refractivity contribution in [3.8, 4) is 11.5 Å². The Morgan fingerprint density at radius 1 is 1.06 bits per heavy atom. The van der Waals surface area contributed by atoms with Gasteiger partial charge in [-0.1, -0.05) is 18.2 Å². The molecule has 2 aromatic carbocycles. The fourth-order valence-corrected chi connectivity index (χ4v) is 3.65. The summed E-state index contributed by atoms with van der Waals surface area (Å²) in [4.78, 5) is 24.5. The maximum Gasteiger partial charge on any atom is 0.338 e. The summed E-state index contributed by atoms with van der Waals surface area (Å²) >= 11 is 0. The molecular weight excluding hydrogens is 390 g/mol. The number of hydrogen-bond donors (Lipinski definition) is 0. The Hall–Kier alpha value is -3.41. The van der Waals surface area contributed by atoms with E-state index in [0.717, 1.165) is 29.6 Å². The van der Waals surface area contributed by atoms with E-state index in [-0.39, 0.29) is 5.97 Å². The number of benzene rings is 2. The third-order valence-corrected chi connectivity index (χ3v) is 5.37. The van der Waals surface area contributed by atoms with Crippen molar-refractivity contribution in [2.75, 3.05) is 11.9 Å². The smallest absolute Gasteiger partial charge is 0.338 e. The minimum Gasteiger partial charge on any atom is -0.456 e. The Bertz CT molecular complexity index is 1270. The topological polar surface area (TPSA) is 68.5 Å². The normalized spacial score (nSPS) is 14.2. The highest BCUT2D eigenvalue weighted by Gasteiger charge is 2.30. The number of carbonyl (C=O) groups excluding carboxylic acids is 1. The Balaban J connectivity index is 1.63. The van der Waals surface area contributed by atoms with Gasteiger partial charge >= 0.3 is 5.97 Å². The molecule has 0 radical (unpaired) electrons. The van der Waals surface area contributed by atoms with E-state index >= 15 is 0 Å². The van der Waals surface area contributed by atoms with Gasteiger partial charge in [-0.3, -0.25) is 0 Å². The van der Waals surface area contributed by atoms with Crippen molar-refractivity contribution in [3.05, 3.63) is 54.1 Å². The van der Waals surface area contributed by atoms with E-state index in [2.05, 4.69) is 4.90 Å². The first-order valence-corrected chi connectivity index (χ1v) is 10.6. The van der Waals surface area contributed by atoms with E-state index in [1.807, 2.05) is 64.2 Å². The van der Waals surface area contributed by atoms with Gasteiger partial charge in [0.15, 0.2) is 11.6 Å². The fourth-order valence-electron chi connectivity index (χ4n) is 3.65. The van der Waals surface area contributed by atoms with Crippen LogP contribution in [0, 0.1) is 0 Å². The number of rotatable bonds is 4. The summed E-state index contributed by atoms with van der Waals surface area (Å²) in [6, 6.07) is 15.7. The Morgan fingerprint density at radius 3 is 2.55 bits per heavy atom. The zero-order chi connectivity index (χ0) is 21.8. The largest absolute Gasteiger partial charge is 0.456 e. The van der Waals surface area contributed by atoms with E-state index in [1.165, 1.54) is 0 Å². The molecule has 1 saturated carbocycles. The van der Waals surface area contributed by atoms with Crippen LogP contribution in [0.1, 0.15) is 44.0 Å². The number of para-hydroxylation sites is 1. The highest BCUT2D eigenvalue weighted by Crippen LogP contribution is 2.37. The number of anilines is 1. The highest BCUT2D eigenvalue weighted by molar-refractivity contribution is 5.95. The molecule has 0 bridgehead atoms. The molecule has 6 heteroatoms. The summed E-state index contributed by atoms with van der Waals surface area (Å²) in [6.45, 7) is 5.57. The summed E-state index contributed by atoms with van der Waals surface area (Å²) < 4.78 is 11.6. The molecule has 0 atom stereocenters. The van der Waals surface area contributed by atoms with Crippen LogP contribution in [0.15, 0.2) is 52.9 Å². The molecule has 1 aliphatic carbocycles. The van der Waals surface area contributed by atoms with E-state index in [4.69, 9.17) is 19.1 Å². The predicted octanol–water partition coefficient (Wildman–Crippen LogP) is 5.60. The van der Waals surface area contributed by atoms with Gasteiger partial charge in [-0.15, -0.1) is 0 Å². The van der Waals surface area contributed by atoms with Crippen LogP contribution in [0.4, 0.5) is 5.82 Å². The SMILES string of the molecule is CN(c1nc2cc(C(=O)OC(C)(C)C)ccc2nc1-c1cc2ccccc2o1)C1CC1. The lowest BCUT2D eigenvalue weighted by Crippen LogP contribution is -2.24. The lowest BCUT2D eigenvalue weighted by molar-refractivity contribution is 0.00697. The van der Waals surface area contributed by atoms with Crippen molar-refractivity contribution < 1.29 is 13.9 Å². The molecule has 0 saturated heterocycles. The van der Waals surface area contributed by atoms with Gasteiger partial charge in [-0.2, -0.15) is 0 Å². The Kier molecular flexibility index (Phi) is 4.46. The van der Waals surface area contributed by atoms with Crippen molar-refractivity contribution in [3.63, 3.8) is 0 Å². The summed E-state index contributed by atoms with van der Waals surface area (Å²) in [5, 5.41) is 1.03. The van der Waals surface area contributed by atoms with Gasteiger partial charge in [0.25, 0.3) is 0 Å². The molecule has 0 N–H and O–H groups in total. The number of carbonyl (C=O) groups is 1. The van der Waals surface area contributed by atoms with Gasteiger partial charge in [-0.25, -0.2) is 14.8 Å². The Labute approximate surface area is 180 Å². The average Bonchev–Trinajstić information content (AvgIpc) is 3.49. The van der Waals surface area contributed by atoms with Gasteiger partial charge in [0.2, 0.25) is 0 Å². The molecule has 1 fully saturated rings. The second kappa shape index (κ2) is 7.08. The van der Waals surface area contributed by atoms with Crippen molar-refractivity contribution in [1.29, 1.82) is 0 Å². The van der Waals surface area contributed by atoms with Crippen LogP contribution in [0.2, 0.25) is 0 Å². The second-order valence-electron chi connectivity index (χ2n) is 9.09. The van der Waals surface area contributed by atoms with Gasteiger partial charge in [-0.05, 0) is 63.9 Å². The lowest BCUT2D eigenvalue weighted by atomic mass is 10.1.